The molecule has 0 N–H and O–H groups in total. The Labute approximate surface area is 588 Å². The average Bonchev–Trinajstić information content (AvgIpc) is 0.661. The highest BCUT2D eigenvalue weighted by Crippen LogP contribution is 2.54. The van der Waals surface area contributed by atoms with Gasteiger partial charge in [-0.05, 0) is 205 Å². The predicted octanol–water partition coefficient (Wildman–Crippen LogP) is 14.5. The van der Waals surface area contributed by atoms with Crippen LogP contribution in [-0.2, 0) is 0 Å². The standard InChI is InChI=1S/C90H57B4N7/c1-7-29-58(30-8-1)95-72-45-23-19-41-64(72)91-68-53-70-82(55-80(68)98(61-35-13-4-14-36-61)78-51-27-49-76(95)86(78)91)100(63-39-17-6-18-40-63)85-57-84-88-90-89(85)94(70)67-44-22-26-48-75(67)101(90)83-56-81-69(54-71(83)93(88)66-43-21-25-47-74(66)97(84)60-33-11-3-12-34-60)92-65-42-20-24-46-73(65)96(59-31-9-2-10-32-59)77-50-28-52-79(87(77)92)99(81)62-37-15-5-16-38-62/h1-57H. The fourth-order valence-corrected chi connectivity index (χ4v) is 19.2. The van der Waals surface area contributed by atoms with Crippen molar-refractivity contribution in [2.75, 3.05) is 34.3 Å². The Kier molecular flexibility index (Phi) is 11.4. The van der Waals surface area contributed by atoms with E-state index in [1.165, 1.54) is 145 Å². The van der Waals surface area contributed by atoms with Crippen molar-refractivity contribution in [3.8, 4) is 0 Å². The second-order valence-corrected chi connectivity index (χ2v) is 27.8. The van der Waals surface area contributed by atoms with Gasteiger partial charge in [-0.2, -0.15) is 0 Å². The molecule has 11 heteroatoms. The molecule has 8 heterocycles. The van der Waals surface area contributed by atoms with Gasteiger partial charge in [-0.1, -0.05) is 206 Å². The van der Waals surface area contributed by atoms with E-state index in [1.54, 1.807) is 0 Å². The number of benzene rings is 15. The van der Waals surface area contributed by atoms with Crippen molar-refractivity contribution < 1.29 is 0 Å². The van der Waals surface area contributed by atoms with Gasteiger partial charge in [0.25, 0.3) is 26.9 Å². The summed E-state index contributed by atoms with van der Waals surface area (Å²) in [4.78, 5) is 18.1. The number of fused-ring (bicyclic) bond motifs is 18. The Morgan fingerprint density at radius 2 is 0.347 bits per heavy atom. The maximum atomic E-state index is 2.73. The zero-order valence-electron chi connectivity index (χ0n) is 54.8. The van der Waals surface area contributed by atoms with Gasteiger partial charge in [0.2, 0.25) is 0 Å². The summed E-state index contributed by atoms with van der Waals surface area (Å²) in [5, 5.41) is 0. The van der Waals surface area contributed by atoms with Crippen LogP contribution in [0.1, 0.15) is 0 Å². The summed E-state index contributed by atoms with van der Waals surface area (Å²) < 4.78 is 0. The molecule has 0 saturated carbocycles. The quantitative estimate of drug-likeness (QED) is 0.153. The van der Waals surface area contributed by atoms with Crippen LogP contribution in [-0.4, -0.2) is 26.9 Å². The molecule has 15 aromatic carbocycles. The molecular formula is C90H57B4N7. The molecular weight excluding hydrogens is 1220 g/mol. The van der Waals surface area contributed by atoms with E-state index in [0.717, 1.165) is 39.8 Å². The van der Waals surface area contributed by atoms with E-state index < -0.39 is 0 Å². The normalized spacial score (nSPS) is 14.3. The lowest BCUT2D eigenvalue weighted by atomic mass is 9.27. The van der Waals surface area contributed by atoms with Gasteiger partial charge in [0.05, 0.1) is 0 Å². The minimum atomic E-state index is -0.181. The highest BCUT2D eigenvalue weighted by atomic mass is 15.2. The number of para-hydroxylation sites is 10. The Balaban J connectivity index is 0.834. The summed E-state index contributed by atoms with van der Waals surface area (Å²) in [5.74, 6) is 0. The van der Waals surface area contributed by atoms with Crippen LogP contribution in [0, 0.1) is 0 Å². The second-order valence-electron chi connectivity index (χ2n) is 27.8. The van der Waals surface area contributed by atoms with Crippen LogP contribution in [0.25, 0.3) is 0 Å². The van der Waals surface area contributed by atoms with Gasteiger partial charge in [0, 0.05) is 119 Å². The number of hydrogen-bond donors (Lipinski definition) is 0. The Morgan fingerprint density at radius 1 is 0.139 bits per heavy atom. The predicted molar refractivity (Wildman–Crippen MR) is 428 cm³/mol. The molecule has 7 nitrogen and oxygen atoms in total. The molecule has 101 heavy (non-hydrogen) atoms. The van der Waals surface area contributed by atoms with Crippen LogP contribution in [0.2, 0.25) is 0 Å². The third kappa shape index (κ3) is 7.46. The maximum Gasteiger partial charge on any atom is 0.252 e. The monoisotopic (exact) mass is 1280 g/mol. The maximum absolute atomic E-state index is 2.73. The molecule has 0 aliphatic carbocycles. The molecule has 0 unspecified atom stereocenters. The smallest absolute Gasteiger partial charge is 0.252 e. The number of anilines is 21. The van der Waals surface area contributed by atoms with Crippen LogP contribution in [0.5, 0.6) is 0 Å². The molecule has 8 aliphatic rings. The molecule has 0 fully saturated rings. The fourth-order valence-electron chi connectivity index (χ4n) is 19.2. The number of nitrogens with zero attached hydrogens (tertiary/aromatic N) is 7. The van der Waals surface area contributed by atoms with Gasteiger partial charge < -0.3 is 34.3 Å². The van der Waals surface area contributed by atoms with Crippen LogP contribution >= 0.6 is 0 Å². The van der Waals surface area contributed by atoms with Gasteiger partial charge in [-0.25, -0.2) is 0 Å². The van der Waals surface area contributed by atoms with Crippen molar-refractivity contribution in [1.29, 1.82) is 0 Å². The molecule has 0 aromatic heterocycles. The lowest BCUT2D eigenvalue weighted by Crippen LogP contribution is -2.70. The second kappa shape index (κ2) is 20.9. The van der Waals surface area contributed by atoms with Crippen LogP contribution in [0.4, 0.5) is 119 Å². The van der Waals surface area contributed by atoms with Gasteiger partial charge in [0.1, 0.15) is 0 Å². The van der Waals surface area contributed by atoms with Crippen molar-refractivity contribution in [3.63, 3.8) is 0 Å². The molecule has 464 valence electrons. The lowest BCUT2D eigenvalue weighted by molar-refractivity contribution is 1.22. The largest absolute Gasteiger partial charge is 0.312 e. The van der Waals surface area contributed by atoms with Gasteiger partial charge in [-0.3, -0.25) is 0 Å². The molecule has 0 atom stereocenters. The average molecular weight is 1280 g/mol. The summed E-state index contributed by atoms with van der Waals surface area (Å²) in [6, 6.07) is 131. The first-order valence-electron chi connectivity index (χ1n) is 35.3. The molecule has 0 amide bonds. The van der Waals surface area contributed by atoms with E-state index in [0.29, 0.717) is 0 Å². The molecule has 15 aromatic rings. The minimum Gasteiger partial charge on any atom is -0.312 e. The van der Waals surface area contributed by atoms with Crippen LogP contribution < -0.4 is 99.9 Å². The topological polar surface area (TPSA) is 22.7 Å². The molecule has 0 radical (unpaired) electrons. The van der Waals surface area contributed by atoms with Crippen molar-refractivity contribution in [2.24, 2.45) is 0 Å². The highest BCUT2D eigenvalue weighted by Gasteiger charge is 2.55. The SMILES string of the molecule is c1ccc(N2c3ccccc3B3c4cc5c(cc4N(c4ccccc4)c4cccc2c43)N(c2ccccc2)c2cc3c4c6c2B5c2ccccc2N6c2cc5c(cc2B4c2ccccc2N3c2ccccc2)B2c3ccccc3N(c3ccccc3)c3cccc(c32)N5c2ccccc2)cc1. The lowest BCUT2D eigenvalue weighted by Gasteiger charge is -2.52. The molecule has 0 saturated heterocycles. The summed E-state index contributed by atoms with van der Waals surface area (Å²) in [6.45, 7) is -0.522. The molecule has 0 bridgehead atoms. The van der Waals surface area contributed by atoms with E-state index in [-0.39, 0.29) is 26.9 Å². The highest BCUT2D eigenvalue weighted by molar-refractivity contribution is 7.07. The molecule has 8 aliphatic heterocycles. The Bertz CT molecular complexity index is 6010. The van der Waals surface area contributed by atoms with Crippen molar-refractivity contribution in [2.45, 2.75) is 0 Å². The Morgan fingerprint density at radius 3 is 0.653 bits per heavy atom. The fraction of sp³-hybridized carbons (Fsp3) is 0. The molecule has 23 rings (SSSR count). The van der Waals surface area contributed by atoms with Crippen LogP contribution in [0.15, 0.2) is 346 Å². The van der Waals surface area contributed by atoms with Gasteiger partial charge in [0.15, 0.2) is 0 Å². The molecule has 0 spiro atoms. The van der Waals surface area contributed by atoms with Gasteiger partial charge >= 0.3 is 0 Å². The summed E-state index contributed by atoms with van der Waals surface area (Å²) >= 11 is 0. The van der Waals surface area contributed by atoms with E-state index in [9.17, 15) is 0 Å². The number of rotatable bonds is 6. The third-order valence-electron chi connectivity index (χ3n) is 22.9. The zero-order chi connectivity index (χ0) is 65.7. The number of hydrogen-bond acceptors (Lipinski definition) is 7. The van der Waals surface area contributed by atoms with E-state index >= 15 is 0 Å². The zero-order valence-corrected chi connectivity index (χ0v) is 54.8. The summed E-state index contributed by atoms with van der Waals surface area (Å²) in [6.07, 6.45) is 0. The Hall–Kier alpha value is -12.8. The third-order valence-corrected chi connectivity index (χ3v) is 22.9. The summed E-state index contributed by atoms with van der Waals surface area (Å²) in [7, 11) is 0. The van der Waals surface area contributed by atoms with E-state index in [4.69, 9.17) is 0 Å². The van der Waals surface area contributed by atoms with Gasteiger partial charge in [-0.15, -0.1) is 0 Å². The van der Waals surface area contributed by atoms with Crippen molar-refractivity contribution in [1.82, 2.24) is 0 Å². The van der Waals surface area contributed by atoms with Crippen molar-refractivity contribution in [3.05, 3.63) is 346 Å². The summed E-state index contributed by atoms with van der Waals surface area (Å²) in [5.41, 5.74) is 40.1. The van der Waals surface area contributed by atoms with Crippen molar-refractivity contribution >= 4 is 212 Å². The van der Waals surface area contributed by atoms with Crippen LogP contribution in [0.3, 0.4) is 0 Å². The first-order chi connectivity index (χ1) is 50.2. The first-order valence-corrected chi connectivity index (χ1v) is 35.3. The first kappa shape index (κ1) is 55.2. The van der Waals surface area contributed by atoms with E-state index in [1.807, 2.05) is 0 Å². The van der Waals surface area contributed by atoms with E-state index in [2.05, 4.69) is 380 Å². The minimum absolute atomic E-state index is 0.0834.